The lowest BCUT2D eigenvalue weighted by molar-refractivity contribution is -0.385. The Morgan fingerprint density at radius 1 is 1.33 bits per heavy atom. The van der Waals surface area contributed by atoms with Crippen LogP contribution in [0.5, 0.6) is 0 Å². The highest BCUT2D eigenvalue weighted by Crippen LogP contribution is 2.28. The number of hydrogen-bond donors (Lipinski definition) is 1. The van der Waals surface area contributed by atoms with E-state index in [1.165, 1.54) is 19.4 Å². The van der Waals surface area contributed by atoms with Crippen LogP contribution in [0.3, 0.4) is 0 Å². The van der Waals surface area contributed by atoms with E-state index in [1.807, 2.05) is 0 Å². The number of hydrogen-bond acceptors (Lipinski definition) is 5. The third-order valence-corrected chi connectivity index (χ3v) is 4.45. The topological polar surface area (TPSA) is 71.3 Å². The molecule has 0 bridgehead atoms. The Bertz CT molecular complexity index is 522. The molecular formula is C15H22N4O2. The molecule has 0 atom stereocenters. The highest BCUT2D eigenvalue weighted by molar-refractivity contribution is 5.47. The molecule has 1 saturated heterocycles. The van der Waals surface area contributed by atoms with Crippen LogP contribution in [0.2, 0.25) is 0 Å². The Balaban J connectivity index is 1.55. The van der Waals surface area contributed by atoms with Gasteiger partial charge in [-0.15, -0.1) is 0 Å². The lowest BCUT2D eigenvalue weighted by Gasteiger charge is -2.33. The summed E-state index contributed by atoms with van der Waals surface area (Å²) in [6, 6.07) is 3.94. The number of aromatic nitrogens is 1. The third kappa shape index (κ3) is 3.50. The summed E-state index contributed by atoms with van der Waals surface area (Å²) in [4.78, 5) is 17.1. The molecule has 1 aliphatic carbocycles. The van der Waals surface area contributed by atoms with Gasteiger partial charge in [0, 0.05) is 25.2 Å². The standard InChI is InChI=1S/C15H22N4O2/c1-11-14(19(20)21)4-5-15(17-11)18-8-6-13(7-9-18)16-10-12-2-3-12/h4-5,12-13,16H,2-3,6-10H2,1H3. The van der Waals surface area contributed by atoms with Crippen LogP contribution in [0, 0.1) is 23.0 Å². The molecule has 1 N–H and O–H groups in total. The first-order valence-electron chi connectivity index (χ1n) is 7.74. The van der Waals surface area contributed by atoms with Crippen molar-refractivity contribution in [2.45, 2.75) is 38.6 Å². The maximum Gasteiger partial charge on any atom is 0.290 e. The largest absolute Gasteiger partial charge is 0.356 e. The van der Waals surface area contributed by atoms with Gasteiger partial charge < -0.3 is 10.2 Å². The number of anilines is 1. The second-order valence-corrected chi connectivity index (χ2v) is 6.14. The zero-order chi connectivity index (χ0) is 14.8. The van der Waals surface area contributed by atoms with Crippen LogP contribution in [-0.4, -0.2) is 35.6 Å². The van der Waals surface area contributed by atoms with E-state index in [0.717, 1.165) is 37.7 Å². The monoisotopic (exact) mass is 290 g/mol. The molecule has 2 heterocycles. The van der Waals surface area contributed by atoms with E-state index in [0.29, 0.717) is 11.7 Å². The summed E-state index contributed by atoms with van der Waals surface area (Å²) in [5.74, 6) is 1.78. The van der Waals surface area contributed by atoms with Crippen molar-refractivity contribution in [1.82, 2.24) is 10.3 Å². The number of nitro groups is 1. The van der Waals surface area contributed by atoms with Crippen molar-refractivity contribution in [3.63, 3.8) is 0 Å². The summed E-state index contributed by atoms with van der Waals surface area (Å²) in [7, 11) is 0. The zero-order valence-corrected chi connectivity index (χ0v) is 12.4. The van der Waals surface area contributed by atoms with Crippen LogP contribution in [0.15, 0.2) is 12.1 Å². The van der Waals surface area contributed by atoms with Gasteiger partial charge in [0.05, 0.1) is 4.92 Å². The van der Waals surface area contributed by atoms with Crippen LogP contribution in [0.25, 0.3) is 0 Å². The fourth-order valence-electron chi connectivity index (χ4n) is 2.88. The van der Waals surface area contributed by atoms with Crippen LogP contribution < -0.4 is 10.2 Å². The van der Waals surface area contributed by atoms with Gasteiger partial charge in [-0.1, -0.05) is 0 Å². The Morgan fingerprint density at radius 2 is 2.05 bits per heavy atom. The molecule has 0 radical (unpaired) electrons. The van der Waals surface area contributed by atoms with Crippen molar-refractivity contribution in [2.75, 3.05) is 24.5 Å². The van der Waals surface area contributed by atoms with Crippen LogP contribution in [-0.2, 0) is 0 Å². The summed E-state index contributed by atoms with van der Waals surface area (Å²) in [6.07, 6.45) is 5.00. The lowest BCUT2D eigenvalue weighted by Crippen LogP contribution is -2.43. The van der Waals surface area contributed by atoms with Gasteiger partial charge in [0.15, 0.2) is 0 Å². The fraction of sp³-hybridized carbons (Fsp3) is 0.667. The summed E-state index contributed by atoms with van der Waals surface area (Å²) < 4.78 is 0. The van der Waals surface area contributed by atoms with E-state index < -0.39 is 0 Å². The second kappa shape index (κ2) is 5.97. The van der Waals surface area contributed by atoms with Crippen LogP contribution in [0.1, 0.15) is 31.4 Å². The van der Waals surface area contributed by atoms with E-state index in [9.17, 15) is 10.1 Å². The summed E-state index contributed by atoms with van der Waals surface area (Å²) in [5.41, 5.74) is 0.589. The van der Waals surface area contributed by atoms with Gasteiger partial charge in [-0.2, -0.15) is 0 Å². The highest BCUT2D eigenvalue weighted by atomic mass is 16.6. The number of pyridine rings is 1. The molecule has 1 aromatic heterocycles. The number of nitrogens with one attached hydrogen (secondary N) is 1. The highest BCUT2D eigenvalue weighted by Gasteiger charge is 2.25. The van der Waals surface area contributed by atoms with Gasteiger partial charge in [-0.05, 0) is 51.1 Å². The zero-order valence-electron chi connectivity index (χ0n) is 12.4. The van der Waals surface area contributed by atoms with Gasteiger partial charge in [-0.3, -0.25) is 10.1 Å². The molecule has 1 aliphatic heterocycles. The molecule has 3 rings (SSSR count). The Labute approximate surface area is 124 Å². The maximum atomic E-state index is 10.8. The maximum absolute atomic E-state index is 10.8. The van der Waals surface area contributed by atoms with Gasteiger partial charge in [0.2, 0.25) is 0 Å². The Kier molecular flexibility index (Phi) is 4.05. The summed E-state index contributed by atoms with van der Waals surface area (Å²) >= 11 is 0. The van der Waals surface area contributed by atoms with E-state index in [2.05, 4.69) is 15.2 Å². The predicted octanol–water partition coefficient (Wildman–Crippen LogP) is 2.27. The predicted molar refractivity (Wildman–Crippen MR) is 81.6 cm³/mol. The van der Waals surface area contributed by atoms with Gasteiger partial charge in [-0.25, -0.2) is 4.98 Å². The smallest absolute Gasteiger partial charge is 0.290 e. The fourth-order valence-corrected chi connectivity index (χ4v) is 2.88. The molecular weight excluding hydrogens is 268 g/mol. The Morgan fingerprint density at radius 3 is 2.62 bits per heavy atom. The molecule has 0 spiro atoms. The first kappa shape index (κ1) is 14.3. The molecule has 6 nitrogen and oxygen atoms in total. The molecule has 21 heavy (non-hydrogen) atoms. The third-order valence-electron chi connectivity index (χ3n) is 4.45. The summed E-state index contributed by atoms with van der Waals surface area (Å²) in [5, 5.41) is 14.5. The Hall–Kier alpha value is -1.69. The average Bonchev–Trinajstić information content (AvgIpc) is 3.29. The summed E-state index contributed by atoms with van der Waals surface area (Å²) in [6.45, 7) is 4.80. The van der Waals surface area contributed by atoms with E-state index in [4.69, 9.17) is 0 Å². The molecule has 1 aromatic rings. The minimum Gasteiger partial charge on any atom is -0.356 e. The first-order valence-corrected chi connectivity index (χ1v) is 7.74. The average molecular weight is 290 g/mol. The minimum atomic E-state index is -0.375. The van der Waals surface area contributed by atoms with Crippen LogP contribution >= 0.6 is 0 Å². The molecule has 0 amide bonds. The number of nitrogens with zero attached hydrogens (tertiary/aromatic N) is 3. The molecule has 6 heteroatoms. The normalized spacial score (nSPS) is 19.8. The second-order valence-electron chi connectivity index (χ2n) is 6.14. The number of aryl methyl sites for hydroxylation is 1. The van der Waals surface area contributed by atoms with Crippen molar-refractivity contribution >= 4 is 11.5 Å². The van der Waals surface area contributed by atoms with E-state index in [1.54, 1.807) is 19.1 Å². The van der Waals surface area contributed by atoms with E-state index >= 15 is 0 Å². The number of rotatable bonds is 5. The quantitative estimate of drug-likeness (QED) is 0.665. The molecule has 1 saturated carbocycles. The lowest BCUT2D eigenvalue weighted by atomic mass is 10.0. The van der Waals surface area contributed by atoms with Gasteiger partial charge >= 0.3 is 0 Å². The van der Waals surface area contributed by atoms with E-state index in [-0.39, 0.29) is 10.6 Å². The van der Waals surface area contributed by atoms with Gasteiger partial charge in [0.25, 0.3) is 5.69 Å². The van der Waals surface area contributed by atoms with Crippen molar-refractivity contribution in [3.05, 3.63) is 27.9 Å². The molecule has 114 valence electrons. The van der Waals surface area contributed by atoms with Crippen molar-refractivity contribution < 1.29 is 4.92 Å². The molecule has 2 fully saturated rings. The van der Waals surface area contributed by atoms with Crippen molar-refractivity contribution in [3.8, 4) is 0 Å². The molecule has 0 aromatic carbocycles. The van der Waals surface area contributed by atoms with Crippen molar-refractivity contribution in [1.29, 1.82) is 0 Å². The van der Waals surface area contributed by atoms with Crippen molar-refractivity contribution in [2.24, 2.45) is 5.92 Å². The molecule has 0 unspecified atom stereocenters. The minimum absolute atomic E-state index is 0.0970. The number of piperidine rings is 1. The van der Waals surface area contributed by atoms with Gasteiger partial charge in [0.1, 0.15) is 11.5 Å². The first-order chi connectivity index (χ1) is 10.1. The SMILES string of the molecule is Cc1nc(N2CCC(NCC3CC3)CC2)ccc1[N+](=O)[O-]. The van der Waals surface area contributed by atoms with Crippen LogP contribution in [0.4, 0.5) is 11.5 Å². The molecule has 2 aliphatic rings.